The van der Waals surface area contributed by atoms with Gasteiger partial charge in [-0.1, -0.05) is 22.9 Å². The van der Waals surface area contributed by atoms with Crippen LogP contribution in [-0.2, 0) is 4.79 Å². The van der Waals surface area contributed by atoms with E-state index in [1.54, 1.807) is 7.11 Å². The number of allylic oxidation sites excluding steroid dienone is 1. The normalized spacial score (nSPS) is 20.8. The summed E-state index contributed by atoms with van der Waals surface area (Å²) in [6.07, 6.45) is 3.37. The van der Waals surface area contributed by atoms with Crippen molar-refractivity contribution in [3.63, 3.8) is 0 Å². The van der Waals surface area contributed by atoms with Gasteiger partial charge in [0.05, 0.1) is 13.2 Å². The summed E-state index contributed by atoms with van der Waals surface area (Å²) in [6, 6.07) is 5.60. The van der Waals surface area contributed by atoms with Gasteiger partial charge in [0.1, 0.15) is 5.75 Å². The number of benzene rings is 1. The van der Waals surface area contributed by atoms with Crippen LogP contribution in [-0.4, -0.2) is 29.5 Å². The summed E-state index contributed by atoms with van der Waals surface area (Å²) >= 11 is 9.13. The fourth-order valence-electron chi connectivity index (χ4n) is 3.47. The number of hydrogen-bond acceptors (Lipinski definition) is 3. The molecule has 1 aliphatic carbocycles. The average Bonchev–Trinajstić information content (AvgIpc) is 2.57. The van der Waals surface area contributed by atoms with Gasteiger partial charge in [-0.05, 0) is 49.7 Å². The molecule has 0 radical (unpaired) electrons. The standard InChI is InChI=1S/C18H21BrN2O2S/c1-3-9-21-13-5-4-6-14(22)16(13)17(20-18(21)24)12-10-11(19)7-8-15(12)23-2/h7-8,10,17H,3-6,9H2,1-2H3,(H,20,24). The van der Waals surface area contributed by atoms with E-state index in [2.05, 4.69) is 33.1 Å². The summed E-state index contributed by atoms with van der Waals surface area (Å²) in [5.74, 6) is 0.965. The molecule has 1 aliphatic heterocycles. The van der Waals surface area contributed by atoms with Gasteiger partial charge < -0.3 is 15.0 Å². The minimum atomic E-state index is -0.249. The predicted octanol–water partition coefficient (Wildman–Crippen LogP) is 4.11. The molecule has 0 amide bonds. The van der Waals surface area contributed by atoms with Gasteiger partial charge in [0, 0.05) is 34.3 Å². The number of hydrogen-bond donors (Lipinski definition) is 1. The number of nitrogens with zero attached hydrogens (tertiary/aromatic N) is 1. The minimum absolute atomic E-state index is 0.208. The summed E-state index contributed by atoms with van der Waals surface area (Å²) in [6.45, 7) is 2.96. The molecule has 0 saturated heterocycles. The molecular weight excluding hydrogens is 388 g/mol. The number of Topliss-reactive ketones (excluding diaryl/α,β-unsaturated/α-hetero) is 1. The lowest BCUT2D eigenvalue weighted by Gasteiger charge is -2.41. The molecule has 4 nitrogen and oxygen atoms in total. The SMILES string of the molecule is CCCN1C(=S)NC(c2cc(Br)ccc2OC)C2=C1CCCC2=O. The molecule has 1 aromatic carbocycles. The lowest BCUT2D eigenvalue weighted by atomic mass is 9.84. The number of halogens is 1. The summed E-state index contributed by atoms with van der Waals surface area (Å²) in [5.41, 5.74) is 2.87. The van der Waals surface area contributed by atoms with Crippen LogP contribution in [0.3, 0.4) is 0 Å². The van der Waals surface area contributed by atoms with E-state index in [0.29, 0.717) is 11.5 Å². The Kier molecular flexibility index (Phi) is 5.25. The zero-order valence-corrected chi connectivity index (χ0v) is 16.3. The molecule has 1 atom stereocenters. The van der Waals surface area contributed by atoms with Gasteiger partial charge in [-0.2, -0.15) is 0 Å². The Morgan fingerprint density at radius 2 is 2.21 bits per heavy atom. The maximum absolute atomic E-state index is 12.7. The van der Waals surface area contributed by atoms with Crippen LogP contribution < -0.4 is 10.1 Å². The van der Waals surface area contributed by atoms with E-state index in [0.717, 1.165) is 52.9 Å². The van der Waals surface area contributed by atoms with Gasteiger partial charge in [-0.3, -0.25) is 4.79 Å². The van der Waals surface area contributed by atoms with Gasteiger partial charge in [0.2, 0.25) is 0 Å². The molecule has 1 N–H and O–H groups in total. The topological polar surface area (TPSA) is 41.6 Å². The Morgan fingerprint density at radius 3 is 2.92 bits per heavy atom. The number of thiocarbonyl (C=S) groups is 1. The van der Waals surface area contributed by atoms with Crippen molar-refractivity contribution < 1.29 is 9.53 Å². The number of carbonyl (C=O) groups is 1. The Hall–Kier alpha value is -1.40. The highest BCUT2D eigenvalue weighted by Gasteiger charge is 2.37. The second kappa shape index (κ2) is 7.23. The fourth-order valence-corrected chi connectivity index (χ4v) is 4.17. The maximum Gasteiger partial charge on any atom is 0.173 e. The van der Waals surface area contributed by atoms with Crippen molar-refractivity contribution >= 4 is 39.0 Å². The van der Waals surface area contributed by atoms with Gasteiger partial charge in [0.15, 0.2) is 10.9 Å². The molecule has 24 heavy (non-hydrogen) atoms. The molecule has 0 aromatic heterocycles. The monoisotopic (exact) mass is 408 g/mol. The first kappa shape index (κ1) is 17.4. The molecule has 2 aliphatic rings. The Balaban J connectivity index is 2.14. The largest absolute Gasteiger partial charge is 0.496 e. The molecule has 0 bridgehead atoms. The lowest BCUT2D eigenvalue weighted by Crippen LogP contribution is -2.49. The third-order valence-corrected chi connectivity index (χ3v) is 5.34. The van der Waals surface area contributed by atoms with Crippen LogP contribution in [0, 0.1) is 0 Å². The van der Waals surface area contributed by atoms with Crippen LogP contribution in [0.4, 0.5) is 0 Å². The van der Waals surface area contributed by atoms with Crippen molar-refractivity contribution in [3.8, 4) is 5.75 Å². The van der Waals surface area contributed by atoms with Crippen molar-refractivity contribution in [2.75, 3.05) is 13.7 Å². The fraction of sp³-hybridized carbons (Fsp3) is 0.444. The van der Waals surface area contributed by atoms with E-state index in [9.17, 15) is 4.79 Å². The van der Waals surface area contributed by atoms with Gasteiger partial charge in [-0.15, -0.1) is 0 Å². The molecule has 3 rings (SSSR count). The Bertz CT molecular complexity index is 717. The van der Waals surface area contributed by atoms with E-state index in [1.807, 2.05) is 18.2 Å². The molecule has 6 heteroatoms. The molecule has 0 spiro atoms. The van der Waals surface area contributed by atoms with Crippen molar-refractivity contribution in [1.29, 1.82) is 0 Å². The zero-order valence-electron chi connectivity index (χ0n) is 13.9. The second-order valence-corrected chi connectivity index (χ2v) is 7.36. The number of carbonyl (C=O) groups excluding carboxylic acids is 1. The zero-order chi connectivity index (χ0) is 17.3. The van der Waals surface area contributed by atoms with E-state index in [4.69, 9.17) is 17.0 Å². The predicted molar refractivity (Wildman–Crippen MR) is 102 cm³/mol. The summed E-state index contributed by atoms with van der Waals surface area (Å²) in [5, 5.41) is 4.07. The van der Waals surface area contributed by atoms with E-state index in [1.165, 1.54) is 0 Å². The van der Waals surface area contributed by atoms with Crippen LogP contribution in [0.1, 0.15) is 44.2 Å². The molecule has 0 saturated carbocycles. The molecule has 128 valence electrons. The van der Waals surface area contributed by atoms with Crippen LogP contribution >= 0.6 is 28.1 Å². The van der Waals surface area contributed by atoms with E-state index >= 15 is 0 Å². The van der Waals surface area contributed by atoms with Crippen LogP contribution in [0.25, 0.3) is 0 Å². The highest BCUT2D eigenvalue weighted by molar-refractivity contribution is 9.10. The third-order valence-electron chi connectivity index (χ3n) is 4.51. The Morgan fingerprint density at radius 1 is 1.42 bits per heavy atom. The maximum atomic E-state index is 12.7. The average molecular weight is 409 g/mol. The number of ketones is 1. The van der Waals surface area contributed by atoms with Gasteiger partial charge in [0.25, 0.3) is 0 Å². The highest BCUT2D eigenvalue weighted by Crippen LogP contribution is 2.40. The Labute approximate surface area is 156 Å². The molecule has 0 fully saturated rings. The van der Waals surface area contributed by atoms with Crippen LogP contribution in [0.15, 0.2) is 33.9 Å². The molecule has 1 unspecified atom stereocenters. The second-order valence-electron chi connectivity index (χ2n) is 6.06. The van der Waals surface area contributed by atoms with Gasteiger partial charge in [-0.25, -0.2) is 0 Å². The molecular formula is C18H21BrN2O2S. The van der Waals surface area contributed by atoms with Crippen molar-refractivity contribution in [2.24, 2.45) is 0 Å². The summed E-state index contributed by atoms with van der Waals surface area (Å²) < 4.78 is 6.48. The first-order chi connectivity index (χ1) is 11.6. The number of rotatable bonds is 4. The molecule has 1 aromatic rings. The number of ether oxygens (including phenoxy) is 1. The van der Waals surface area contributed by atoms with Crippen molar-refractivity contribution in [1.82, 2.24) is 10.2 Å². The smallest absolute Gasteiger partial charge is 0.173 e. The summed E-state index contributed by atoms with van der Waals surface area (Å²) in [4.78, 5) is 14.8. The first-order valence-electron chi connectivity index (χ1n) is 8.24. The van der Waals surface area contributed by atoms with Crippen molar-refractivity contribution in [3.05, 3.63) is 39.5 Å². The minimum Gasteiger partial charge on any atom is -0.496 e. The van der Waals surface area contributed by atoms with E-state index < -0.39 is 0 Å². The number of nitrogens with one attached hydrogen (secondary N) is 1. The lowest BCUT2D eigenvalue weighted by molar-refractivity contribution is -0.116. The third kappa shape index (κ3) is 3.09. The highest BCUT2D eigenvalue weighted by atomic mass is 79.9. The van der Waals surface area contributed by atoms with Gasteiger partial charge >= 0.3 is 0 Å². The number of methoxy groups -OCH3 is 1. The molecule has 1 heterocycles. The quantitative estimate of drug-likeness (QED) is 0.759. The van der Waals surface area contributed by atoms with E-state index in [-0.39, 0.29) is 11.8 Å². The first-order valence-corrected chi connectivity index (χ1v) is 9.44. The van der Waals surface area contributed by atoms with Crippen molar-refractivity contribution in [2.45, 2.75) is 38.6 Å². The summed E-state index contributed by atoms with van der Waals surface area (Å²) in [7, 11) is 1.65. The van der Waals surface area contributed by atoms with Crippen LogP contribution in [0.5, 0.6) is 5.75 Å². The van der Waals surface area contributed by atoms with Crippen LogP contribution in [0.2, 0.25) is 0 Å².